The second-order valence-corrected chi connectivity index (χ2v) is 25.3. The quantitative estimate of drug-likeness (QED) is 0.0320. The molecule has 82 heavy (non-hydrogen) atoms. The summed E-state index contributed by atoms with van der Waals surface area (Å²) in [4.78, 5) is 24.6. The molecule has 0 heterocycles. The van der Waals surface area contributed by atoms with E-state index in [0.29, 0.717) is 19.4 Å². The molecule has 0 aromatic rings. The van der Waals surface area contributed by atoms with Crippen molar-refractivity contribution in [2.75, 3.05) is 13.2 Å². The average molecular weight is 1150 g/mol. The Morgan fingerprint density at radius 1 is 0.341 bits per heavy atom. The molecule has 0 aliphatic rings. The molecule has 0 rings (SSSR count). The third kappa shape index (κ3) is 67.0. The van der Waals surface area contributed by atoms with E-state index < -0.39 is 12.1 Å². The SMILES string of the molecule is CCCCCC/C=C\CCCCCCCC(=O)OCCCCCCCCCCC/C=C\C/C=C\CCCCCCCCCCCCCC(=O)NC(CO)C(O)/C=C/CCCCCCCCCCCCCCCCCCCCCCCCC. The highest BCUT2D eigenvalue weighted by Crippen LogP contribution is 2.18. The van der Waals surface area contributed by atoms with Crippen LogP contribution in [0.5, 0.6) is 0 Å². The number of carbonyl (C=O) groups is 2. The molecule has 6 heteroatoms. The molecule has 2 unspecified atom stereocenters. The summed E-state index contributed by atoms with van der Waals surface area (Å²) in [7, 11) is 0. The topological polar surface area (TPSA) is 95.9 Å². The number of carbonyl (C=O) groups excluding carboxylic acids is 2. The summed E-state index contributed by atoms with van der Waals surface area (Å²) in [5.41, 5.74) is 0. The lowest BCUT2D eigenvalue weighted by Gasteiger charge is -2.20. The molecule has 2 atom stereocenters. The van der Waals surface area contributed by atoms with Crippen molar-refractivity contribution in [1.29, 1.82) is 0 Å². The van der Waals surface area contributed by atoms with Gasteiger partial charge in [0.1, 0.15) is 0 Å². The standard InChI is InChI=1S/C76H143NO5/c1-3-5-7-9-11-13-15-17-18-19-20-21-22-26-29-32-35-38-41-45-48-52-56-60-64-68-74(79)73(72-78)77-75(80)69-65-61-57-53-49-46-42-39-36-33-30-27-24-23-25-28-31-34-37-40-43-47-51-55-59-63-67-71-82-76(81)70-66-62-58-54-50-44-16-14-12-10-8-6-4-2/h14,16,23-24,28,31,64,68,73-74,78-79H,3-13,15,17-22,25-27,29-30,32-63,65-67,69-72H2,1-2H3,(H,77,80)/b16-14-,24-23-,31-28-,68-64+. The zero-order valence-electron chi connectivity index (χ0n) is 55.2. The van der Waals surface area contributed by atoms with Crippen molar-refractivity contribution in [3.63, 3.8) is 0 Å². The first-order chi connectivity index (χ1) is 40.5. The molecule has 482 valence electrons. The molecule has 3 N–H and O–H groups in total. The Labute approximate surface area is 512 Å². The van der Waals surface area contributed by atoms with Gasteiger partial charge in [-0.05, 0) is 89.9 Å². The zero-order chi connectivity index (χ0) is 59.2. The van der Waals surface area contributed by atoms with E-state index >= 15 is 0 Å². The number of unbranched alkanes of at least 4 members (excludes halogenated alkanes) is 52. The number of allylic oxidation sites excluding steroid dienone is 7. The molecule has 0 aromatic heterocycles. The number of esters is 1. The highest BCUT2D eigenvalue weighted by atomic mass is 16.5. The second kappa shape index (κ2) is 71.3. The summed E-state index contributed by atoms with van der Waals surface area (Å²) >= 11 is 0. The van der Waals surface area contributed by atoms with Gasteiger partial charge in [-0.2, -0.15) is 0 Å². The molecule has 0 aliphatic carbocycles. The van der Waals surface area contributed by atoms with Gasteiger partial charge in [0, 0.05) is 12.8 Å². The van der Waals surface area contributed by atoms with Crippen molar-refractivity contribution in [3.8, 4) is 0 Å². The lowest BCUT2D eigenvalue weighted by molar-refractivity contribution is -0.143. The third-order valence-electron chi connectivity index (χ3n) is 17.1. The lowest BCUT2D eigenvalue weighted by Crippen LogP contribution is -2.45. The monoisotopic (exact) mass is 1150 g/mol. The molecular weight excluding hydrogens is 1010 g/mol. The van der Waals surface area contributed by atoms with Gasteiger partial charge < -0.3 is 20.3 Å². The summed E-state index contributed by atoms with van der Waals surface area (Å²) in [5, 5.41) is 23.3. The van der Waals surface area contributed by atoms with Gasteiger partial charge in [0.15, 0.2) is 0 Å². The number of nitrogens with one attached hydrogen (secondary N) is 1. The fraction of sp³-hybridized carbons (Fsp3) is 0.868. The van der Waals surface area contributed by atoms with Crippen LogP contribution in [0.25, 0.3) is 0 Å². The number of rotatable bonds is 69. The Morgan fingerprint density at radius 2 is 0.610 bits per heavy atom. The van der Waals surface area contributed by atoms with Crippen LogP contribution in [0.3, 0.4) is 0 Å². The first-order valence-corrected chi connectivity index (χ1v) is 36.9. The molecule has 0 aromatic carbocycles. The largest absolute Gasteiger partial charge is 0.466 e. The summed E-state index contributed by atoms with van der Waals surface area (Å²) in [6.45, 7) is 4.91. The van der Waals surface area contributed by atoms with Crippen molar-refractivity contribution < 1.29 is 24.5 Å². The minimum atomic E-state index is -0.849. The predicted molar refractivity (Wildman–Crippen MR) is 361 cm³/mol. The molecule has 0 saturated carbocycles. The molecule has 0 spiro atoms. The minimum Gasteiger partial charge on any atom is -0.466 e. The van der Waals surface area contributed by atoms with Crippen molar-refractivity contribution >= 4 is 11.9 Å². The summed E-state index contributed by atoms with van der Waals surface area (Å²) < 4.78 is 5.47. The van der Waals surface area contributed by atoms with E-state index in [1.54, 1.807) is 6.08 Å². The Morgan fingerprint density at radius 3 is 0.951 bits per heavy atom. The Kier molecular flexibility index (Phi) is 69.4. The normalized spacial score (nSPS) is 12.8. The van der Waals surface area contributed by atoms with Crippen LogP contribution in [0.1, 0.15) is 399 Å². The number of hydrogen-bond acceptors (Lipinski definition) is 5. The van der Waals surface area contributed by atoms with Crippen LogP contribution in [0.15, 0.2) is 48.6 Å². The van der Waals surface area contributed by atoms with E-state index in [2.05, 4.69) is 55.6 Å². The number of ether oxygens (including phenoxy) is 1. The molecule has 0 aliphatic heterocycles. The Bertz CT molecular complexity index is 1370. The van der Waals surface area contributed by atoms with Gasteiger partial charge in [-0.15, -0.1) is 0 Å². The molecule has 0 radical (unpaired) electrons. The number of aliphatic hydroxyl groups is 2. The fourth-order valence-corrected chi connectivity index (χ4v) is 11.4. The van der Waals surface area contributed by atoms with Gasteiger partial charge in [-0.25, -0.2) is 0 Å². The smallest absolute Gasteiger partial charge is 0.305 e. The lowest BCUT2D eigenvalue weighted by atomic mass is 10.0. The van der Waals surface area contributed by atoms with Crippen molar-refractivity contribution in [1.82, 2.24) is 5.32 Å². The molecule has 6 nitrogen and oxygen atoms in total. The van der Waals surface area contributed by atoms with Crippen molar-refractivity contribution in [3.05, 3.63) is 48.6 Å². The van der Waals surface area contributed by atoms with Crippen molar-refractivity contribution in [2.45, 2.75) is 411 Å². The van der Waals surface area contributed by atoms with E-state index in [1.807, 2.05) is 6.08 Å². The van der Waals surface area contributed by atoms with Crippen LogP contribution in [0.2, 0.25) is 0 Å². The highest BCUT2D eigenvalue weighted by Gasteiger charge is 2.18. The third-order valence-corrected chi connectivity index (χ3v) is 17.1. The van der Waals surface area contributed by atoms with Gasteiger partial charge >= 0.3 is 5.97 Å². The number of aliphatic hydroxyl groups excluding tert-OH is 2. The zero-order valence-corrected chi connectivity index (χ0v) is 55.2. The van der Waals surface area contributed by atoms with E-state index in [0.717, 1.165) is 51.4 Å². The number of amides is 1. The van der Waals surface area contributed by atoms with Crippen LogP contribution < -0.4 is 5.32 Å². The Hall–Kier alpha value is -2.18. The number of hydrogen-bond donors (Lipinski definition) is 3. The van der Waals surface area contributed by atoms with Crippen LogP contribution in [0.4, 0.5) is 0 Å². The van der Waals surface area contributed by atoms with Gasteiger partial charge in [0.2, 0.25) is 5.91 Å². The molecule has 0 saturated heterocycles. The van der Waals surface area contributed by atoms with Gasteiger partial charge in [-0.3, -0.25) is 9.59 Å². The molecular formula is C76H143NO5. The van der Waals surface area contributed by atoms with Gasteiger partial charge in [0.05, 0.1) is 25.4 Å². The van der Waals surface area contributed by atoms with E-state index in [9.17, 15) is 19.8 Å². The Balaban J connectivity index is 3.45. The summed E-state index contributed by atoms with van der Waals surface area (Å²) in [6, 6.07) is -0.633. The fourth-order valence-electron chi connectivity index (χ4n) is 11.4. The van der Waals surface area contributed by atoms with E-state index in [4.69, 9.17) is 4.74 Å². The van der Waals surface area contributed by atoms with Crippen LogP contribution in [-0.4, -0.2) is 47.4 Å². The molecule has 0 fully saturated rings. The van der Waals surface area contributed by atoms with E-state index in [-0.39, 0.29) is 18.5 Å². The first kappa shape index (κ1) is 79.8. The van der Waals surface area contributed by atoms with Crippen molar-refractivity contribution in [2.24, 2.45) is 0 Å². The predicted octanol–water partition coefficient (Wildman–Crippen LogP) is 24.0. The molecule has 1 amide bonds. The van der Waals surface area contributed by atoms with Crippen LogP contribution in [-0.2, 0) is 14.3 Å². The maximum Gasteiger partial charge on any atom is 0.305 e. The summed E-state index contributed by atoms with van der Waals surface area (Å²) in [5.74, 6) is -0.0660. The second-order valence-electron chi connectivity index (χ2n) is 25.3. The molecule has 0 bridgehead atoms. The maximum absolute atomic E-state index is 12.5. The highest BCUT2D eigenvalue weighted by molar-refractivity contribution is 5.76. The maximum atomic E-state index is 12.5. The average Bonchev–Trinajstić information content (AvgIpc) is 3.48. The van der Waals surface area contributed by atoms with Gasteiger partial charge in [0.25, 0.3) is 0 Å². The van der Waals surface area contributed by atoms with Crippen LogP contribution >= 0.6 is 0 Å². The summed E-state index contributed by atoms with van der Waals surface area (Å²) in [6.07, 6.45) is 93.4. The minimum absolute atomic E-state index is 0.00124. The first-order valence-electron chi connectivity index (χ1n) is 36.9. The van der Waals surface area contributed by atoms with E-state index in [1.165, 1.54) is 321 Å². The van der Waals surface area contributed by atoms with Gasteiger partial charge in [-0.1, -0.05) is 345 Å². The van der Waals surface area contributed by atoms with Crippen LogP contribution in [0, 0.1) is 0 Å².